The van der Waals surface area contributed by atoms with Gasteiger partial charge in [0.05, 0.1) is 17.4 Å². The van der Waals surface area contributed by atoms with Gasteiger partial charge in [-0.05, 0) is 42.7 Å². The van der Waals surface area contributed by atoms with E-state index >= 15 is 0 Å². The van der Waals surface area contributed by atoms with Gasteiger partial charge in [0, 0.05) is 19.2 Å². The fraction of sp³-hybridized carbons (Fsp3) is 0.227. The third-order valence-electron chi connectivity index (χ3n) is 4.92. The van der Waals surface area contributed by atoms with E-state index in [-0.39, 0.29) is 5.91 Å². The van der Waals surface area contributed by atoms with Crippen LogP contribution < -0.4 is 5.32 Å². The number of ether oxygens (including phenoxy) is 1. The van der Waals surface area contributed by atoms with Crippen LogP contribution in [0.1, 0.15) is 28.4 Å². The Morgan fingerprint density at radius 3 is 2.75 bits per heavy atom. The second-order valence-corrected chi connectivity index (χ2v) is 7.09. The fourth-order valence-corrected chi connectivity index (χ4v) is 3.38. The highest BCUT2D eigenvalue weighted by molar-refractivity contribution is 5.97. The summed E-state index contributed by atoms with van der Waals surface area (Å²) in [5.41, 5.74) is 2.17. The topological polar surface area (TPSA) is 73.2 Å². The van der Waals surface area contributed by atoms with Crippen LogP contribution >= 0.6 is 0 Å². The number of benzene rings is 2. The molecule has 0 saturated heterocycles. The van der Waals surface area contributed by atoms with Gasteiger partial charge in [0.15, 0.2) is 5.60 Å². The Bertz CT molecular complexity index is 1010. The molecule has 1 aromatic heterocycles. The number of fused-ring (bicyclic) bond motifs is 1. The van der Waals surface area contributed by atoms with E-state index in [1.54, 1.807) is 29.9 Å². The Morgan fingerprint density at radius 2 is 1.93 bits per heavy atom. The minimum absolute atomic E-state index is 0.286. The molecule has 2 aromatic carbocycles. The van der Waals surface area contributed by atoms with Crippen molar-refractivity contribution in [3.63, 3.8) is 0 Å². The first-order valence-electron chi connectivity index (χ1n) is 9.24. The number of cyclic esters (lactones) is 1. The highest BCUT2D eigenvalue weighted by Crippen LogP contribution is 2.28. The third kappa shape index (κ3) is 3.53. The number of para-hydroxylation sites is 1. The molecular weight excluding hydrogens is 354 g/mol. The van der Waals surface area contributed by atoms with Gasteiger partial charge < -0.3 is 10.1 Å². The molecule has 4 rings (SSSR count). The lowest BCUT2D eigenvalue weighted by Gasteiger charge is -2.33. The predicted molar refractivity (Wildman–Crippen MR) is 104 cm³/mol. The molecular formula is C22H21N3O3. The third-order valence-corrected chi connectivity index (χ3v) is 4.92. The Morgan fingerprint density at radius 1 is 1.18 bits per heavy atom. The maximum atomic E-state index is 12.7. The SMILES string of the molecule is CC1(C(=O)NCCc2cnn(-c3ccccc3)c2)Cc2ccccc2C(=O)O1. The average molecular weight is 375 g/mol. The zero-order valence-corrected chi connectivity index (χ0v) is 15.6. The van der Waals surface area contributed by atoms with Gasteiger partial charge in [-0.15, -0.1) is 0 Å². The fourth-order valence-electron chi connectivity index (χ4n) is 3.38. The number of nitrogens with zero attached hydrogens (tertiary/aromatic N) is 2. The minimum atomic E-state index is -1.19. The summed E-state index contributed by atoms with van der Waals surface area (Å²) in [6, 6.07) is 17.1. The van der Waals surface area contributed by atoms with E-state index in [2.05, 4.69) is 10.4 Å². The lowest BCUT2D eigenvalue weighted by Crippen LogP contribution is -2.52. The maximum absolute atomic E-state index is 12.7. The summed E-state index contributed by atoms with van der Waals surface area (Å²) in [5.74, 6) is -0.741. The van der Waals surface area contributed by atoms with Crippen LogP contribution in [-0.2, 0) is 22.4 Å². The summed E-state index contributed by atoms with van der Waals surface area (Å²) in [7, 11) is 0. The van der Waals surface area contributed by atoms with Crippen molar-refractivity contribution in [1.29, 1.82) is 0 Å². The maximum Gasteiger partial charge on any atom is 0.339 e. The van der Waals surface area contributed by atoms with Crippen molar-refractivity contribution < 1.29 is 14.3 Å². The molecule has 6 heteroatoms. The highest BCUT2D eigenvalue weighted by atomic mass is 16.6. The Labute approximate surface area is 163 Å². The number of rotatable bonds is 5. The minimum Gasteiger partial charge on any atom is -0.445 e. The molecule has 0 saturated carbocycles. The van der Waals surface area contributed by atoms with Crippen molar-refractivity contribution in [3.05, 3.63) is 83.7 Å². The van der Waals surface area contributed by atoms with Crippen molar-refractivity contribution in [1.82, 2.24) is 15.1 Å². The van der Waals surface area contributed by atoms with Crippen LogP contribution in [0, 0.1) is 0 Å². The average Bonchev–Trinajstić information content (AvgIpc) is 3.17. The smallest absolute Gasteiger partial charge is 0.339 e. The number of nitrogens with one attached hydrogen (secondary N) is 1. The lowest BCUT2D eigenvalue weighted by atomic mass is 9.89. The number of hydrogen-bond acceptors (Lipinski definition) is 4. The molecule has 0 radical (unpaired) electrons. The number of esters is 1. The van der Waals surface area contributed by atoms with Crippen LogP contribution in [0.4, 0.5) is 0 Å². The van der Waals surface area contributed by atoms with Gasteiger partial charge in [0.25, 0.3) is 5.91 Å². The molecule has 1 aliphatic rings. The molecule has 1 aliphatic heterocycles. The second-order valence-electron chi connectivity index (χ2n) is 7.09. The molecule has 28 heavy (non-hydrogen) atoms. The summed E-state index contributed by atoms with van der Waals surface area (Å²) in [6.07, 6.45) is 4.74. The van der Waals surface area contributed by atoms with Crippen LogP contribution in [-0.4, -0.2) is 33.8 Å². The first-order chi connectivity index (χ1) is 13.5. The van der Waals surface area contributed by atoms with Gasteiger partial charge in [0.2, 0.25) is 0 Å². The van der Waals surface area contributed by atoms with Gasteiger partial charge >= 0.3 is 5.97 Å². The van der Waals surface area contributed by atoms with Crippen LogP contribution in [0.2, 0.25) is 0 Å². The van der Waals surface area contributed by atoms with E-state index in [0.717, 1.165) is 16.8 Å². The molecule has 142 valence electrons. The molecule has 0 fully saturated rings. The Kier molecular flexibility index (Phi) is 4.69. The van der Waals surface area contributed by atoms with Crippen LogP contribution in [0.3, 0.4) is 0 Å². The number of carbonyl (C=O) groups excluding carboxylic acids is 2. The molecule has 6 nitrogen and oxygen atoms in total. The van der Waals surface area contributed by atoms with E-state index in [1.807, 2.05) is 48.7 Å². The lowest BCUT2D eigenvalue weighted by molar-refractivity contribution is -0.139. The largest absolute Gasteiger partial charge is 0.445 e. The second kappa shape index (κ2) is 7.31. The summed E-state index contributed by atoms with van der Waals surface area (Å²) >= 11 is 0. The number of amides is 1. The number of aromatic nitrogens is 2. The molecule has 1 amide bonds. The van der Waals surface area contributed by atoms with Crippen LogP contribution in [0.15, 0.2) is 67.0 Å². The van der Waals surface area contributed by atoms with Gasteiger partial charge in [-0.25, -0.2) is 9.48 Å². The monoisotopic (exact) mass is 375 g/mol. The molecule has 1 atom stereocenters. The van der Waals surface area contributed by atoms with E-state index in [1.165, 1.54) is 0 Å². The van der Waals surface area contributed by atoms with Crippen molar-refractivity contribution >= 4 is 11.9 Å². The summed E-state index contributed by atoms with van der Waals surface area (Å²) < 4.78 is 7.26. The van der Waals surface area contributed by atoms with Gasteiger partial charge in [0.1, 0.15) is 0 Å². The summed E-state index contributed by atoms with van der Waals surface area (Å²) in [6.45, 7) is 2.09. The molecule has 2 heterocycles. The normalized spacial score (nSPS) is 18.2. The quantitative estimate of drug-likeness (QED) is 0.696. The molecule has 0 aliphatic carbocycles. The predicted octanol–water partition coefficient (Wildman–Crippen LogP) is 2.70. The first kappa shape index (κ1) is 18.0. The molecule has 0 spiro atoms. The van der Waals surface area contributed by atoms with E-state index in [9.17, 15) is 9.59 Å². The van der Waals surface area contributed by atoms with E-state index in [4.69, 9.17) is 4.74 Å². The summed E-state index contributed by atoms with van der Waals surface area (Å²) in [5, 5.41) is 7.25. The first-order valence-corrected chi connectivity index (χ1v) is 9.24. The zero-order chi connectivity index (χ0) is 19.6. The molecule has 0 bridgehead atoms. The molecule has 3 aromatic rings. The van der Waals surface area contributed by atoms with E-state index < -0.39 is 11.6 Å². The standard InChI is InChI=1S/C22H21N3O3/c1-22(13-17-7-5-6-10-19(17)20(26)28-22)21(27)23-12-11-16-14-24-25(15-16)18-8-3-2-4-9-18/h2-10,14-15H,11-13H2,1H3,(H,23,27). The number of hydrogen-bond donors (Lipinski definition) is 1. The molecule has 1 N–H and O–H groups in total. The summed E-state index contributed by atoms with van der Waals surface area (Å²) in [4.78, 5) is 24.9. The van der Waals surface area contributed by atoms with E-state index in [0.29, 0.717) is 24.9 Å². The van der Waals surface area contributed by atoms with Crippen molar-refractivity contribution in [2.24, 2.45) is 0 Å². The van der Waals surface area contributed by atoms with Gasteiger partial charge in [-0.2, -0.15) is 5.10 Å². The van der Waals surface area contributed by atoms with Crippen molar-refractivity contribution in [2.75, 3.05) is 6.54 Å². The Balaban J connectivity index is 1.36. The zero-order valence-electron chi connectivity index (χ0n) is 15.6. The molecule has 1 unspecified atom stereocenters. The van der Waals surface area contributed by atoms with Gasteiger partial charge in [-0.3, -0.25) is 4.79 Å². The van der Waals surface area contributed by atoms with Crippen molar-refractivity contribution in [2.45, 2.75) is 25.4 Å². The van der Waals surface area contributed by atoms with Crippen LogP contribution in [0.25, 0.3) is 5.69 Å². The Hall–Kier alpha value is -3.41. The highest BCUT2D eigenvalue weighted by Gasteiger charge is 2.42. The van der Waals surface area contributed by atoms with Crippen molar-refractivity contribution in [3.8, 4) is 5.69 Å². The number of carbonyl (C=O) groups is 2. The van der Waals surface area contributed by atoms with Gasteiger partial charge in [-0.1, -0.05) is 36.4 Å². The van der Waals surface area contributed by atoms with Crippen LogP contribution in [0.5, 0.6) is 0 Å².